The largest absolute Gasteiger partial charge is 0.497 e. The third-order valence-corrected chi connectivity index (χ3v) is 5.57. The van der Waals surface area contributed by atoms with Crippen molar-refractivity contribution in [3.8, 4) is 5.75 Å². The molecular formula is C26H34N4O. The van der Waals surface area contributed by atoms with E-state index in [0.717, 1.165) is 61.5 Å². The number of aliphatic imine (C=N–C) groups is 2. The molecule has 31 heavy (non-hydrogen) atoms. The van der Waals surface area contributed by atoms with Crippen LogP contribution in [0.1, 0.15) is 51.0 Å². The van der Waals surface area contributed by atoms with Gasteiger partial charge >= 0.3 is 0 Å². The number of nitrogens with one attached hydrogen (secondary N) is 1. The first-order chi connectivity index (χ1) is 15.1. The number of benzene rings is 2. The summed E-state index contributed by atoms with van der Waals surface area (Å²) in [6.45, 7) is 2.33. The van der Waals surface area contributed by atoms with Gasteiger partial charge in [-0.3, -0.25) is 0 Å². The van der Waals surface area contributed by atoms with E-state index >= 15 is 0 Å². The van der Waals surface area contributed by atoms with Gasteiger partial charge in [0.2, 0.25) is 5.96 Å². The topological polar surface area (TPSA) is 72.0 Å². The molecule has 1 aliphatic rings. The molecule has 0 aliphatic carbocycles. The normalized spacial score (nSPS) is 20.5. The Bertz CT molecular complexity index is 901. The molecule has 164 valence electrons. The van der Waals surface area contributed by atoms with E-state index in [1.165, 1.54) is 12.0 Å². The van der Waals surface area contributed by atoms with Crippen LogP contribution in [-0.2, 0) is 6.42 Å². The Hall–Kier alpha value is -3.08. The average molecular weight is 419 g/mol. The van der Waals surface area contributed by atoms with Crippen LogP contribution in [0.15, 0.2) is 76.5 Å². The first-order valence-electron chi connectivity index (χ1n) is 11.2. The second-order valence-corrected chi connectivity index (χ2v) is 8.15. The van der Waals surface area contributed by atoms with Crippen molar-refractivity contribution in [3.05, 3.63) is 72.1 Å². The van der Waals surface area contributed by atoms with Gasteiger partial charge in [0.15, 0.2) is 0 Å². The van der Waals surface area contributed by atoms with Crippen LogP contribution in [-0.4, -0.2) is 18.8 Å². The minimum absolute atomic E-state index is 0.320. The Balaban J connectivity index is 1.54. The molecule has 3 N–H and O–H groups in total. The van der Waals surface area contributed by atoms with Gasteiger partial charge in [-0.2, -0.15) is 4.99 Å². The second kappa shape index (κ2) is 11.9. The number of nitrogens with two attached hydrogens (primary N) is 1. The van der Waals surface area contributed by atoms with Crippen LogP contribution < -0.4 is 15.8 Å². The van der Waals surface area contributed by atoms with E-state index in [2.05, 4.69) is 58.6 Å². The van der Waals surface area contributed by atoms with E-state index in [1.54, 1.807) is 7.11 Å². The van der Waals surface area contributed by atoms with Gasteiger partial charge in [-0.1, -0.05) is 37.3 Å². The number of allylic oxidation sites excluding steroid dienone is 1. The third-order valence-electron chi connectivity index (χ3n) is 5.57. The fourth-order valence-electron chi connectivity index (χ4n) is 3.65. The molecule has 2 aromatic carbocycles. The molecule has 1 unspecified atom stereocenters. The molecule has 0 fully saturated rings. The second-order valence-electron chi connectivity index (χ2n) is 8.15. The number of hydrogen-bond acceptors (Lipinski definition) is 5. The molecule has 0 saturated carbocycles. The summed E-state index contributed by atoms with van der Waals surface area (Å²) in [6.07, 6.45) is 9.48. The average Bonchev–Trinajstić information content (AvgIpc) is 2.87. The van der Waals surface area contributed by atoms with Gasteiger partial charge in [0.05, 0.1) is 7.11 Å². The van der Waals surface area contributed by atoms with E-state index in [1.807, 2.05) is 24.3 Å². The summed E-state index contributed by atoms with van der Waals surface area (Å²) in [5.74, 6) is 2.54. The number of nitrogens with zero attached hydrogens (tertiary/aromatic N) is 2. The van der Waals surface area contributed by atoms with Crippen LogP contribution in [0.25, 0.3) is 0 Å². The Morgan fingerprint density at radius 3 is 2.48 bits per heavy atom. The molecule has 1 atom stereocenters. The Morgan fingerprint density at radius 1 is 1.00 bits per heavy atom. The molecule has 0 bridgehead atoms. The van der Waals surface area contributed by atoms with Crippen LogP contribution >= 0.6 is 0 Å². The SMILES string of the molecule is COc1ccc(NC2=C\CCC\C(CCC(C)CCc3ccccc3)=N/C(N)=N\2)cc1. The summed E-state index contributed by atoms with van der Waals surface area (Å²) < 4.78 is 5.21. The number of methoxy groups -OCH3 is 1. The van der Waals surface area contributed by atoms with Crippen molar-refractivity contribution in [3.63, 3.8) is 0 Å². The number of ether oxygens (including phenoxy) is 1. The highest BCUT2D eigenvalue weighted by atomic mass is 16.5. The molecule has 0 saturated heterocycles. The molecule has 0 radical (unpaired) electrons. The van der Waals surface area contributed by atoms with Crippen molar-refractivity contribution in [1.82, 2.24) is 0 Å². The van der Waals surface area contributed by atoms with Crippen molar-refractivity contribution in [2.45, 2.75) is 51.9 Å². The highest BCUT2D eigenvalue weighted by Crippen LogP contribution is 2.20. The molecule has 5 nitrogen and oxygen atoms in total. The van der Waals surface area contributed by atoms with Crippen LogP contribution in [0.4, 0.5) is 5.69 Å². The summed E-state index contributed by atoms with van der Waals surface area (Å²) in [5, 5.41) is 3.32. The zero-order chi connectivity index (χ0) is 21.9. The molecule has 0 spiro atoms. The fraction of sp³-hybridized carbons (Fsp3) is 0.385. The summed E-state index contributed by atoms with van der Waals surface area (Å²) in [5.41, 5.74) is 9.67. The predicted octanol–water partition coefficient (Wildman–Crippen LogP) is 5.94. The Kier molecular flexibility index (Phi) is 8.71. The zero-order valence-corrected chi connectivity index (χ0v) is 18.7. The van der Waals surface area contributed by atoms with Gasteiger partial charge in [-0.25, -0.2) is 4.99 Å². The maximum atomic E-state index is 6.16. The van der Waals surface area contributed by atoms with E-state index in [-0.39, 0.29) is 0 Å². The number of aryl methyl sites for hydroxylation is 1. The summed E-state index contributed by atoms with van der Waals surface area (Å²) >= 11 is 0. The lowest BCUT2D eigenvalue weighted by Gasteiger charge is -2.12. The molecule has 2 aromatic rings. The van der Waals surface area contributed by atoms with Gasteiger partial charge in [0.1, 0.15) is 11.6 Å². The monoisotopic (exact) mass is 418 g/mol. The molecule has 1 aliphatic heterocycles. The molecule has 1 heterocycles. The standard InChI is InChI=1S/C26H34N4O/c1-20(12-14-21-8-4-3-5-9-21)13-15-22-10-6-7-11-25(30-26(27)29-22)28-23-16-18-24(31-2)19-17-23/h3-5,8-9,11,16-20,28H,6-7,10,12-15H2,1-2H3,(H2,27,30)/b25-11+,29-22+. The lowest BCUT2D eigenvalue weighted by molar-refractivity contribution is 0.415. The third kappa shape index (κ3) is 7.93. The van der Waals surface area contributed by atoms with Crippen molar-refractivity contribution >= 4 is 17.4 Å². The number of guanidine groups is 1. The van der Waals surface area contributed by atoms with E-state index in [4.69, 9.17) is 10.5 Å². The first kappa shape index (κ1) is 22.6. The lowest BCUT2D eigenvalue weighted by atomic mass is 9.94. The van der Waals surface area contributed by atoms with Gasteiger partial charge < -0.3 is 15.8 Å². The maximum Gasteiger partial charge on any atom is 0.221 e. The highest BCUT2D eigenvalue weighted by molar-refractivity contribution is 5.97. The highest BCUT2D eigenvalue weighted by Gasteiger charge is 2.09. The lowest BCUT2D eigenvalue weighted by Crippen LogP contribution is -2.14. The van der Waals surface area contributed by atoms with Crippen molar-refractivity contribution in [1.29, 1.82) is 0 Å². The quantitative estimate of drug-likeness (QED) is 0.529. The van der Waals surface area contributed by atoms with E-state index < -0.39 is 0 Å². The van der Waals surface area contributed by atoms with Crippen molar-refractivity contribution in [2.24, 2.45) is 21.6 Å². The van der Waals surface area contributed by atoms with Crippen LogP contribution in [0.3, 0.4) is 0 Å². The summed E-state index contributed by atoms with van der Waals surface area (Å²) in [6, 6.07) is 18.5. The summed E-state index contributed by atoms with van der Waals surface area (Å²) in [7, 11) is 1.66. The van der Waals surface area contributed by atoms with Gasteiger partial charge in [-0.05, 0) is 86.8 Å². The van der Waals surface area contributed by atoms with Gasteiger partial charge in [0.25, 0.3) is 0 Å². The van der Waals surface area contributed by atoms with Gasteiger partial charge in [0, 0.05) is 11.4 Å². The summed E-state index contributed by atoms with van der Waals surface area (Å²) in [4.78, 5) is 9.16. The smallest absolute Gasteiger partial charge is 0.221 e. The van der Waals surface area contributed by atoms with E-state index in [0.29, 0.717) is 11.9 Å². The minimum atomic E-state index is 0.320. The molecule has 3 rings (SSSR count). The fourth-order valence-corrected chi connectivity index (χ4v) is 3.65. The number of anilines is 1. The van der Waals surface area contributed by atoms with Crippen LogP contribution in [0.5, 0.6) is 5.75 Å². The molecule has 5 heteroatoms. The molecule has 0 amide bonds. The minimum Gasteiger partial charge on any atom is -0.497 e. The van der Waals surface area contributed by atoms with Gasteiger partial charge in [-0.15, -0.1) is 0 Å². The molecular weight excluding hydrogens is 384 g/mol. The number of rotatable bonds is 9. The van der Waals surface area contributed by atoms with Crippen LogP contribution in [0, 0.1) is 5.92 Å². The van der Waals surface area contributed by atoms with Crippen molar-refractivity contribution in [2.75, 3.05) is 12.4 Å². The zero-order valence-electron chi connectivity index (χ0n) is 18.7. The first-order valence-corrected chi connectivity index (χ1v) is 11.2. The van der Waals surface area contributed by atoms with E-state index in [9.17, 15) is 0 Å². The Labute approximate surface area is 186 Å². The predicted molar refractivity (Wildman–Crippen MR) is 131 cm³/mol. The Morgan fingerprint density at radius 2 is 1.74 bits per heavy atom. The number of hydrogen-bond donors (Lipinski definition) is 2. The maximum absolute atomic E-state index is 6.16. The molecule has 0 aromatic heterocycles. The van der Waals surface area contributed by atoms with Crippen LogP contribution in [0.2, 0.25) is 0 Å². The van der Waals surface area contributed by atoms with Crippen molar-refractivity contribution < 1.29 is 4.74 Å².